The fraction of sp³-hybridized carbons (Fsp3) is 0.256. The van der Waals surface area contributed by atoms with Crippen molar-refractivity contribution in [2.24, 2.45) is 0 Å². The average Bonchev–Trinajstić information content (AvgIpc) is 3.30. The molecular weight excluding hydrogens is 631 g/mol. The molecule has 1 unspecified atom stereocenters. The molecule has 0 aliphatic carbocycles. The topological polar surface area (TPSA) is 80.8 Å². The van der Waals surface area contributed by atoms with Crippen LogP contribution < -0.4 is 14.8 Å². The summed E-state index contributed by atoms with van der Waals surface area (Å²) < 4.78 is 53.6. The summed E-state index contributed by atoms with van der Waals surface area (Å²) in [5.41, 5.74) is 1.64. The third-order valence-electron chi connectivity index (χ3n) is 8.51. The number of alkyl halides is 3. The molecule has 1 N–H and O–H groups in total. The van der Waals surface area contributed by atoms with Crippen molar-refractivity contribution in [1.82, 2.24) is 15.2 Å². The van der Waals surface area contributed by atoms with Crippen LogP contribution >= 0.6 is 0 Å². The Labute approximate surface area is 282 Å². The Morgan fingerprint density at radius 1 is 0.898 bits per heavy atom. The highest BCUT2D eigenvalue weighted by atomic mass is 19.4. The molecule has 1 aliphatic heterocycles. The van der Waals surface area contributed by atoms with Crippen molar-refractivity contribution in [3.05, 3.63) is 126 Å². The molecule has 10 heteroatoms. The molecule has 49 heavy (non-hydrogen) atoms. The number of carbonyl (C=O) groups is 2. The number of imide groups is 1. The summed E-state index contributed by atoms with van der Waals surface area (Å²) in [7, 11) is 0. The summed E-state index contributed by atoms with van der Waals surface area (Å²) in [5.74, 6) is 0.824. The molecule has 0 radical (unpaired) electrons. The van der Waals surface area contributed by atoms with Gasteiger partial charge in [0.15, 0.2) is 0 Å². The third-order valence-corrected chi connectivity index (χ3v) is 8.51. The maximum absolute atomic E-state index is 14.0. The third kappa shape index (κ3) is 7.09. The maximum Gasteiger partial charge on any atom is 0.418 e. The minimum atomic E-state index is -4.56. The molecule has 1 aromatic heterocycles. The van der Waals surface area contributed by atoms with Crippen molar-refractivity contribution in [2.75, 3.05) is 13.2 Å². The van der Waals surface area contributed by atoms with E-state index in [9.17, 15) is 22.8 Å². The number of carbonyl (C=O) groups excluding carboxylic acids is 2. The minimum absolute atomic E-state index is 0.00791. The lowest BCUT2D eigenvalue weighted by molar-refractivity contribution is -0.136. The monoisotopic (exact) mass is 667 g/mol. The number of amides is 3. The Morgan fingerprint density at radius 3 is 2.35 bits per heavy atom. The second kappa shape index (κ2) is 13.6. The van der Waals surface area contributed by atoms with Gasteiger partial charge in [0.05, 0.1) is 23.8 Å². The minimum Gasteiger partial charge on any atom is -0.494 e. The Hall–Kier alpha value is -5.38. The Kier molecular flexibility index (Phi) is 9.32. The average molecular weight is 668 g/mol. The molecule has 1 aliphatic rings. The van der Waals surface area contributed by atoms with Crippen molar-refractivity contribution in [2.45, 2.75) is 51.4 Å². The molecule has 4 aromatic carbocycles. The van der Waals surface area contributed by atoms with Gasteiger partial charge >= 0.3 is 12.2 Å². The van der Waals surface area contributed by atoms with Crippen molar-refractivity contribution < 1.29 is 32.2 Å². The summed E-state index contributed by atoms with van der Waals surface area (Å²) >= 11 is 0. The van der Waals surface area contributed by atoms with Gasteiger partial charge in [-0.3, -0.25) is 14.7 Å². The first kappa shape index (κ1) is 33.5. The molecule has 3 amide bonds. The van der Waals surface area contributed by atoms with Crippen LogP contribution in [0.3, 0.4) is 0 Å². The van der Waals surface area contributed by atoms with Gasteiger partial charge in [-0.1, -0.05) is 66.7 Å². The summed E-state index contributed by atoms with van der Waals surface area (Å²) in [6.07, 6.45) is -2.19. The number of hydrogen-bond acceptors (Lipinski definition) is 5. The van der Waals surface area contributed by atoms with Gasteiger partial charge in [0.2, 0.25) is 0 Å². The quantitative estimate of drug-likeness (QED) is 0.113. The van der Waals surface area contributed by atoms with Gasteiger partial charge in [-0.25, -0.2) is 4.79 Å². The lowest BCUT2D eigenvalue weighted by Crippen LogP contribution is -2.41. The van der Waals surface area contributed by atoms with E-state index in [2.05, 4.69) is 10.3 Å². The normalized spacial score (nSPS) is 16.3. The van der Waals surface area contributed by atoms with Crippen LogP contribution in [0.5, 0.6) is 11.5 Å². The molecule has 2 heterocycles. The Balaban J connectivity index is 1.19. The van der Waals surface area contributed by atoms with E-state index in [0.717, 1.165) is 17.2 Å². The highest BCUT2D eigenvalue weighted by Crippen LogP contribution is 2.40. The first-order valence-electron chi connectivity index (χ1n) is 16.1. The summed E-state index contributed by atoms with van der Waals surface area (Å²) in [4.78, 5) is 31.8. The number of rotatable bonds is 11. The maximum atomic E-state index is 14.0. The lowest BCUT2D eigenvalue weighted by Gasteiger charge is -2.23. The highest BCUT2D eigenvalue weighted by Gasteiger charge is 2.48. The van der Waals surface area contributed by atoms with Crippen LogP contribution in [0.2, 0.25) is 0 Å². The van der Waals surface area contributed by atoms with E-state index in [1.54, 1.807) is 55.5 Å². The molecule has 1 atom stereocenters. The van der Waals surface area contributed by atoms with Gasteiger partial charge in [0, 0.05) is 18.1 Å². The van der Waals surface area contributed by atoms with E-state index in [-0.39, 0.29) is 30.7 Å². The molecule has 0 spiro atoms. The van der Waals surface area contributed by atoms with E-state index in [0.29, 0.717) is 46.4 Å². The fourth-order valence-electron chi connectivity index (χ4n) is 6.17. The summed E-state index contributed by atoms with van der Waals surface area (Å²) in [5, 5.41) is 3.21. The number of urea groups is 1. The Morgan fingerprint density at radius 2 is 1.63 bits per heavy atom. The van der Waals surface area contributed by atoms with Crippen LogP contribution in [0.15, 0.2) is 103 Å². The zero-order valence-electron chi connectivity index (χ0n) is 27.4. The van der Waals surface area contributed by atoms with Crippen LogP contribution in [0, 0.1) is 0 Å². The van der Waals surface area contributed by atoms with Crippen molar-refractivity contribution >= 4 is 22.8 Å². The van der Waals surface area contributed by atoms with Gasteiger partial charge in [-0.05, 0) is 91.8 Å². The largest absolute Gasteiger partial charge is 0.494 e. The predicted octanol–water partition coefficient (Wildman–Crippen LogP) is 8.53. The molecule has 5 aromatic rings. The van der Waals surface area contributed by atoms with Gasteiger partial charge in [0.1, 0.15) is 17.0 Å². The Bertz CT molecular complexity index is 1980. The number of benzene rings is 4. The standard InChI is InChI=1S/C39H36F3N3O4/c1-25(2)49-30-18-16-29(17-19-30)38(3)36(46)45(37(47)44-38)20-9-21-48-31-13-7-12-27(23-31)34-28(22-26-10-5-4-6-11-26)24-43-35-32(34)14-8-15-33(35)39(40,41)42/h4-8,10-19,23-25H,9,20-22H2,1-3H3,(H,44,47). The SMILES string of the molecule is CC(C)Oc1ccc(C2(C)NC(=O)N(CCCOc3cccc(-c4c(Cc5ccccc5)cnc5c(C(F)(F)F)cccc45)c3)C2=O)cc1. The van der Waals surface area contributed by atoms with E-state index in [1.165, 1.54) is 17.2 Å². The van der Waals surface area contributed by atoms with E-state index in [4.69, 9.17) is 9.47 Å². The first-order chi connectivity index (χ1) is 23.4. The highest BCUT2D eigenvalue weighted by molar-refractivity contribution is 6.07. The van der Waals surface area contributed by atoms with E-state index < -0.39 is 23.3 Å². The first-order valence-corrected chi connectivity index (χ1v) is 16.1. The smallest absolute Gasteiger partial charge is 0.418 e. The molecule has 1 fully saturated rings. The molecular formula is C39H36F3N3O4. The number of ether oxygens (including phenoxy) is 2. The molecule has 1 saturated heterocycles. The van der Waals surface area contributed by atoms with Crippen LogP contribution in [0.4, 0.5) is 18.0 Å². The van der Waals surface area contributed by atoms with Gasteiger partial charge in [-0.15, -0.1) is 0 Å². The predicted molar refractivity (Wildman–Crippen MR) is 181 cm³/mol. The number of aromatic nitrogens is 1. The van der Waals surface area contributed by atoms with Crippen molar-refractivity contribution in [1.29, 1.82) is 0 Å². The summed E-state index contributed by atoms with van der Waals surface area (Å²) in [6.45, 7) is 5.88. The van der Waals surface area contributed by atoms with Crippen LogP contribution in [0.25, 0.3) is 22.0 Å². The number of halogens is 3. The number of fused-ring (bicyclic) bond motifs is 1. The van der Waals surface area contributed by atoms with Gasteiger partial charge in [0.25, 0.3) is 5.91 Å². The van der Waals surface area contributed by atoms with Gasteiger partial charge in [-0.2, -0.15) is 13.2 Å². The van der Waals surface area contributed by atoms with Crippen LogP contribution in [0.1, 0.15) is 49.4 Å². The fourth-order valence-corrected chi connectivity index (χ4v) is 6.17. The molecule has 6 rings (SSSR count). The second-order valence-electron chi connectivity index (χ2n) is 12.5. The van der Waals surface area contributed by atoms with Crippen molar-refractivity contribution in [3.8, 4) is 22.6 Å². The van der Waals surface area contributed by atoms with E-state index >= 15 is 0 Å². The molecule has 0 bridgehead atoms. The molecule has 252 valence electrons. The van der Waals surface area contributed by atoms with Gasteiger partial charge < -0.3 is 14.8 Å². The zero-order valence-corrected chi connectivity index (χ0v) is 27.4. The number of hydrogen-bond donors (Lipinski definition) is 1. The van der Waals surface area contributed by atoms with Crippen molar-refractivity contribution in [3.63, 3.8) is 0 Å². The number of nitrogens with one attached hydrogen (secondary N) is 1. The second-order valence-corrected chi connectivity index (χ2v) is 12.5. The van der Waals surface area contributed by atoms with Crippen LogP contribution in [-0.4, -0.2) is 41.1 Å². The number of nitrogens with zero attached hydrogens (tertiary/aromatic N) is 2. The summed E-state index contributed by atoms with van der Waals surface area (Å²) in [6, 6.07) is 27.6. The van der Waals surface area contributed by atoms with Crippen LogP contribution in [-0.2, 0) is 22.9 Å². The molecule has 7 nitrogen and oxygen atoms in total. The zero-order chi connectivity index (χ0) is 34.8. The number of pyridine rings is 1. The van der Waals surface area contributed by atoms with E-state index in [1.807, 2.05) is 50.2 Å². The lowest BCUT2D eigenvalue weighted by atomic mass is 9.92. The number of para-hydroxylation sites is 1. The molecule has 0 saturated carbocycles.